The van der Waals surface area contributed by atoms with E-state index in [1.807, 2.05) is 36.4 Å². The lowest BCUT2D eigenvalue weighted by atomic mass is 10.1. The average molecular weight is 303 g/mol. The molecule has 21 heavy (non-hydrogen) atoms. The van der Waals surface area contributed by atoms with Gasteiger partial charge in [0.15, 0.2) is 0 Å². The average Bonchev–Trinajstić information content (AvgIpc) is 2.77. The number of anilines is 2. The Balaban J connectivity index is 1.93. The smallest absolute Gasteiger partial charge is 0.251 e. The highest BCUT2D eigenvalue weighted by Crippen LogP contribution is 2.35. The standard InChI is InChI=1S/C16H15ClN2O2/c1-21-9-10-4-2-3-5-13(10)18-15-12-8-11(17)6-7-14(12)19-16(15)20/h2-8,15,18H,9H2,1H3,(H,19,20). The number of methoxy groups -OCH3 is 1. The van der Waals surface area contributed by atoms with E-state index >= 15 is 0 Å². The van der Waals surface area contributed by atoms with Crippen molar-refractivity contribution in [3.63, 3.8) is 0 Å². The lowest BCUT2D eigenvalue weighted by Gasteiger charge is -2.16. The second-order valence-corrected chi connectivity index (χ2v) is 5.32. The molecule has 2 aromatic rings. The molecule has 0 aliphatic carbocycles. The number of para-hydroxylation sites is 1. The van der Waals surface area contributed by atoms with Gasteiger partial charge >= 0.3 is 0 Å². The van der Waals surface area contributed by atoms with Crippen LogP contribution in [0, 0.1) is 0 Å². The third-order valence-corrected chi connectivity index (χ3v) is 3.70. The minimum absolute atomic E-state index is 0.0838. The van der Waals surface area contributed by atoms with Crippen molar-refractivity contribution < 1.29 is 9.53 Å². The third-order valence-electron chi connectivity index (χ3n) is 3.46. The van der Waals surface area contributed by atoms with Gasteiger partial charge in [-0.3, -0.25) is 4.79 Å². The number of hydrogen-bond acceptors (Lipinski definition) is 3. The summed E-state index contributed by atoms with van der Waals surface area (Å²) >= 11 is 6.03. The van der Waals surface area contributed by atoms with Crippen molar-refractivity contribution in [1.29, 1.82) is 0 Å². The predicted molar refractivity (Wildman–Crippen MR) is 83.6 cm³/mol. The van der Waals surface area contributed by atoms with Crippen molar-refractivity contribution in [3.8, 4) is 0 Å². The number of fused-ring (bicyclic) bond motifs is 1. The van der Waals surface area contributed by atoms with Gasteiger partial charge in [-0.15, -0.1) is 0 Å². The molecule has 0 fully saturated rings. The van der Waals surface area contributed by atoms with Crippen LogP contribution in [0.2, 0.25) is 5.02 Å². The van der Waals surface area contributed by atoms with Gasteiger partial charge in [0.1, 0.15) is 6.04 Å². The molecular formula is C16H15ClN2O2. The fourth-order valence-corrected chi connectivity index (χ4v) is 2.65. The van der Waals surface area contributed by atoms with Crippen LogP contribution in [0.1, 0.15) is 17.2 Å². The van der Waals surface area contributed by atoms with Crippen LogP contribution in [-0.4, -0.2) is 13.0 Å². The van der Waals surface area contributed by atoms with Crippen molar-refractivity contribution in [2.24, 2.45) is 0 Å². The number of hydrogen-bond donors (Lipinski definition) is 2. The van der Waals surface area contributed by atoms with Gasteiger partial charge in [-0.1, -0.05) is 29.8 Å². The van der Waals surface area contributed by atoms with Crippen LogP contribution >= 0.6 is 11.6 Å². The van der Waals surface area contributed by atoms with Gasteiger partial charge in [0, 0.05) is 34.6 Å². The summed E-state index contributed by atoms with van der Waals surface area (Å²) in [6.07, 6.45) is 0. The number of halogens is 1. The molecule has 0 bridgehead atoms. The van der Waals surface area contributed by atoms with Crippen LogP contribution in [0.3, 0.4) is 0 Å². The first-order valence-corrected chi connectivity index (χ1v) is 7.00. The lowest BCUT2D eigenvalue weighted by Crippen LogP contribution is -2.20. The van der Waals surface area contributed by atoms with E-state index < -0.39 is 6.04 Å². The Bertz CT molecular complexity index is 688. The zero-order chi connectivity index (χ0) is 14.8. The minimum Gasteiger partial charge on any atom is -0.380 e. The summed E-state index contributed by atoms with van der Waals surface area (Å²) < 4.78 is 5.19. The van der Waals surface area contributed by atoms with Crippen LogP contribution in [0.15, 0.2) is 42.5 Å². The number of benzene rings is 2. The third kappa shape index (κ3) is 2.73. The molecule has 1 aliphatic rings. The largest absolute Gasteiger partial charge is 0.380 e. The molecule has 0 radical (unpaired) electrons. The van der Waals surface area contributed by atoms with E-state index in [0.717, 1.165) is 22.5 Å². The summed E-state index contributed by atoms with van der Waals surface area (Å²) in [4.78, 5) is 12.2. The molecule has 1 amide bonds. The maximum atomic E-state index is 12.2. The molecular weight excluding hydrogens is 288 g/mol. The molecule has 5 heteroatoms. The molecule has 1 heterocycles. The molecule has 2 N–H and O–H groups in total. The van der Waals surface area contributed by atoms with E-state index in [2.05, 4.69) is 10.6 Å². The summed E-state index contributed by atoms with van der Waals surface area (Å²) in [5.41, 5.74) is 3.54. The highest BCUT2D eigenvalue weighted by molar-refractivity contribution is 6.31. The summed E-state index contributed by atoms with van der Waals surface area (Å²) in [5.74, 6) is -0.0838. The molecule has 3 rings (SSSR count). The number of ether oxygens (including phenoxy) is 1. The van der Waals surface area contributed by atoms with Gasteiger partial charge < -0.3 is 15.4 Å². The van der Waals surface area contributed by atoms with Gasteiger partial charge in [-0.05, 0) is 24.3 Å². The van der Waals surface area contributed by atoms with E-state index in [0.29, 0.717) is 11.6 Å². The molecule has 0 saturated heterocycles. The second kappa shape index (κ2) is 5.76. The Hall–Kier alpha value is -2.04. The number of amides is 1. The van der Waals surface area contributed by atoms with Gasteiger partial charge in [0.25, 0.3) is 5.91 Å². The maximum absolute atomic E-state index is 12.2. The highest BCUT2D eigenvalue weighted by atomic mass is 35.5. The molecule has 1 atom stereocenters. The molecule has 1 unspecified atom stereocenters. The summed E-state index contributed by atoms with van der Waals surface area (Å²) in [7, 11) is 1.65. The second-order valence-electron chi connectivity index (χ2n) is 4.89. The highest BCUT2D eigenvalue weighted by Gasteiger charge is 2.30. The van der Waals surface area contributed by atoms with Crippen molar-refractivity contribution in [2.45, 2.75) is 12.6 Å². The van der Waals surface area contributed by atoms with E-state index in [4.69, 9.17) is 16.3 Å². The summed E-state index contributed by atoms with van der Waals surface area (Å²) in [6.45, 7) is 0.486. The Morgan fingerprint density at radius 3 is 2.90 bits per heavy atom. The van der Waals surface area contributed by atoms with Gasteiger partial charge in [-0.2, -0.15) is 0 Å². The van der Waals surface area contributed by atoms with E-state index in [-0.39, 0.29) is 5.91 Å². The molecule has 1 aliphatic heterocycles. The summed E-state index contributed by atoms with van der Waals surface area (Å²) in [6, 6.07) is 12.7. The number of carbonyl (C=O) groups is 1. The Labute approximate surface area is 128 Å². The quantitative estimate of drug-likeness (QED) is 0.907. The molecule has 0 aromatic heterocycles. The Morgan fingerprint density at radius 2 is 2.10 bits per heavy atom. The van der Waals surface area contributed by atoms with Crippen LogP contribution < -0.4 is 10.6 Å². The molecule has 108 valence electrons. The fraction of sp³-hybridized carbons (Fsp3) is 0.188. The fourth-order valence-electron chi connectivity index (χ4n) is 2.47. The zero-order valence-corrected chi connectivity index (χ0v) is 12.3. The molecule has 0 spiro atoms. The summed E-state index contributed by atoms with van der Waals surface area (Å²) in [5, 5.41) is 6.75. The number of nitrogens with one attached hydrogen (secondary N) is 2. The van der Waals surface area contributed by atoms with Crippen molar-refractivity contribution in [3.05, 3.63) is 58.6 Å². The molecule has 2 aromatic carbocycles. The first-order chi connectivity index (χ1) is 10.2. The zero-order valence-electron chi connectivity index (χ0n) is 11.5. The minimum atomic E-state index is -0.447. The Kier molecular flexibility index (Phi) is 3.82. The Morgan fingerprint density at radius 1 is 1.29 bits per heavy atom. The number of rotatable bonds is 4. The van der Waals surface area contributed by atoms with Crippen molar-refractivity contribution in [2.75, 3.05) is 17.7 Å². The molecule has 0 saturated carbocycles. The maximum Gasteiger partial charge on any atom is 0.251 e. The number of carbonyl (C=O) groups excluding carboxylic acids is 1. The van der Waals surface area contributed by atoms with Crippen LogP contribution in [-0.2, 0) is 16.1 Å². The monoisotopic (exact) mass is 302 g/mol. The van der Waals surface area contributed by atoms with Gasteiger partial charge in [0.05, 0.1) is 6.61 Å². The van der Waals surface area contributed by atoms with E-state index in [9.17, 15) is 4.79 Å². The topological polar surface area (TPSA) is 50.4 Å². The van der Waals surface area contributed by atoms with Gasteiger partial charge in [-0.25, -0.2) is 0 Å². The van der Waals surface area contributed by atoms with E-state index in [1.54, 1.807) is 13.2 Å². The van der Waals surface area contributed by atoms with Crippen molar-refractivity contribution >= 4 is 28.9 Å². The van der Waals surface area contributed by atoms with Crippen LogP contribution in [0.5, 0.6) is 0 Å². The van der Waals surface area contributed by atoms with Crippen molar-refractivity contribution in [1.82, 2.24) is 0 Å². The normalized spacial score (nSPS) is 16.5. The molecule has 4 nitrogen and oxygen atoms in total. The van der Waals surface area contributed by atoms with E-state index in [1.165, 1.54) is 0 Å². The SMILES string of the molecule is COCc1ccccc1NC1C(=O)Nc2ccc(Cl)cc21. The predicted octanol–water partition coefficient (Wildman–Crippen LogP) is 3.59. The lowest BCUT2D eigenvalue weighted by molar-refractivity contribution is -0.116. The first-order valence-electron chi connectivity index (χ1n) is 6.62. The van der Waals surface area contributed by atoms with Crippen LogP contribution in [0.4, 0.5) is 11.4 Å². The van der Waals surface area contributed by atoms with Crippen LogP contribution in [0.25, 0.3) is 0 Å². The first kappa shape index (κ1) is 13.9. The van der Waals surface area contributed by atoms with Gasteiger partial charge in [0.2, 0.25) is 0 Å².